The summed E-state index contributed by atoms with van der Waals surface area (Å²) < 4.78 is 0. The Morgan fingerprint density at radius 2 is 2.17 bits per heavy atom. The minimum Gasteiger partial charge on any atom is -0.356 e. The van der Waals surface area contributed by atoms with Crippen molar-refractivity contribution >= 4 is 30.7 Å². The van der Waals surface area contributed by atoms with Crippen molar-refractivity contribution in [3.63, 3.8) is 0 Å². The fourth-order valence-electron chi connectivity index (χ4n) is 1.33. The third-order valence-corrected chi connectivity index (χ3v) is 1.92. The number of carbonyl (C=O) groups is 1. The fraction of sp³-hybridized carbons (Fsp3) is 0.857. The maximum Gasteiger partial charge on any atom is 0.220 e. The molecule has 3 N–H and O–H groups in total. The van der Waals surface area contributed by atoms with Gasteiger partial charge in [-0.15, -0.1) is 24.8 Å². The van der Waals surface area contributed by atoms with Gasteiger partial charge in [-0.3, -0.25) is 4.79 Å². The maximum absolute atomic E-state index is 10.8. The Labute approximate surface area is 85.3 Å². The first-order valence-electron chi connectivity index (χ1n) is 3.79. The molecule has 0 radical (unpaired) electrons. The van der Waals surface area contributed by atoms with E-state index in [-0.39, 0.29) is 30.7 Å². The van der Waals surface area contributed by atoms with Gasteiger partial charge in [0, 0.05) is 13.0 Å². The van der Waals surface area contributed by atoms with Gasteiger partial charge >= 0.3 is 0 Å². The molecule has 0 spiro atoms. The number of amides is 1. The molecule has 1 heterocycles. The van der Waals surface area contributed by atoms with Crippen molar-refractivity contribution in [2.24, 2.45) is 11.7 Å². The molecule has 1 unspecified atom stereocenters. The zero-order valence-electron chi connectivity index (χ0n) is 6.91. The monoisotopic (exact) mass is 214 g/mol. The van der Waals surface area contributed by atoms with Crippen LogP contribution in [0.15, 0.2) is 0 Å². The van der Waals surface area contributed by atoms with E-state index in [1.54, 1.807) is 0 Å². The van der Waals surface area contributed by atoms with Crippen LogP contribution in [0.1, 0.15) is 19.3 Å². The number of piperidine rings is 1. The molecule has 0 bridgehead atoms. The lowest BCUT2D eigenvalue weighted by Crippen LogP contribution is -2.34. The molecule has 1 aliphatic heterocycles. The van der Waals surface area contributed by atoms with E-state index in [0.29, 0.717) is 18.9 Å². The van der Waals surface area contributed by atoms with Crippen molar-refractivity contribution in [2.45, 2.75) is 19.3 Å². The van der Waals surface area contributed by atoms with Crippen molar-refractivity contribution < 1.29 is 4.79 Å². The number of hydrogen-bond acceptors (Lipinski definition) is 2. The minimum atomic E-state index is 0. The van der Waals surface area contributed by atoms with Crippen molar-refractivity contribution in [3.8, 4) is 0 Å². The highest BCUT2D eigenvalue weighted by molar-refractivity contribution is 5.85. The average Bonchev–Trinajstić information content (AvgIpc) is 1.88. The molecule has 1 saturated heterocycles. The summed E-state index contributed by atoms with van der Waals surface area (Å²) in [7, 11) is 0. The predicted molar refractivity (Wildman–Crippen MR) is 53.9 cm³/mol. The summed E-state index contributed by atoms with van der Waals surface area (Å²) in [4.78, 5) is 10.8. The summed E-state index contributed by atoms with van der Waals surface area (Å²) in [6.45, 7) is 1.54. The first-order valence-corrected chi connectivity index (χ1v) is 3.79. The van der Waals surface area contributed by atoms with Crippen LogP contribution in [0.5, 0.6) is 0 Å². The largest absolute Gasteiger partial charge is 0.356 e. The molecule has 1 aliphatic rings. The van der Waals surface area contributed by atoms with Gasteiger partial charge in [-0.2, -0.15) is 0 Å². The second-order valence-corrected chi connectivity index (χ2v) is 2.79. The van der Waals surface area contributed by atoms with Crippen LogP contribution in [-0.2, 0) is 4.79 Å². The highest BCUT2D eigenvalue weighted by Gasteiger charge is 2.17. The molecule has 12 heavy (non-hydrogen) atoms. The van der Waals surface area contributed by atoms with E-state index in [2.05, 4.69) is 5.32 Å². The standard InChI is InChI=1S/C7H14N2O.2ClH/c8-3-1-6-2-4-9-7(10)5-6;;/h6H,1-5,8H2,(H,9,10);2*1H. The summed E-state index contributed by atoms with van der Waals surface area (Å²) >= 11 is 0. The molecule has 1 atom stereocenters. The molecule has 0 aromatic heterocycles. The number of rotatable bonds is 2. The number of carbonyl (C=O) groups excluding carboxylic acids is 1. The van der Waals surface area contributed by atoms with Gasteiger partial charge < -0.3 is 11.1 Å². The van der Waals surface area contributed by atoms with Crippen LogP contribution in [0, 0.1) is 5.92 Å². The van der Waals surface area contributed by atoms with Crippen LogP contribution in [0.25, 0.3) is 0 Å². The molecular formula is C7H16Cl2N2O. The fourth-order valence-corrected chi connectivity index (χ4v) is 1.33. The minimum absolute atomic E-state index is 0. The van der Waals surface area contributed by atoms with E-state index in [9.17, 15) is 4.79 Å². The Morgan fingerprint density at radius 3 is 2.67 bits per heavy atom. The number of nitrogens with one attached hydrogen (secondary N) is 1. The smallest absolute Gasteiger partial charge is 0.220 e. The molecule has 0 aliphatic carbocycles. The molecule has 1 amide bonds. The molecule has 74 valence electrons. The zero-order valence-corrected chi connectivity index (χ0v) is 8.55. The van der Waals surface area contributed by atoms with Gasteiger partial charge in [0.2, 0.25) is 5.91 Å². The maximum atomic E-state index is 10.8. The SMILES string of the molecule is Cl.Cl.NCCC1CCNC(=O)C1. The molecule has 1 rings (SSSR count). The van der Waals surface area contributed by atoms with Crippen LogP contribution in [0.4, 0.5) is 0 Å². The summed E-state index contributed by atoms with van der Waals surface area (Å²) in [5.74, 6) is 0.725. The summed E-state index contributed by atoms with van der Waals surface area (Å²) in [5, 5.41) is 2.79. The molecule has 5 heteroatoms. The van der Waals surface area contributed by atoms with E-state index in [4.69, 9.17) is 5.73 Å². The Hall–Kier alpha value is 0.01000. The number of halogens is 2. The molecule has 0 aromatic rings. The normalized spacial score (nSPS) is 21.8. The highest BCUT2D eigenvalue weighted by atomic mass is 35.5. The van der Waals surface area contributed by atoms with Gasteiger partial charge in [-0.05, 0) is 25.3 Å². The molecule has 3 nitrogen and oxygen atoms in total. The second kappa shape index (κ2) is 7.65. The molecule has 1 fully saturated rings. The Bertz CT molecular complexity index is 131. The van der Waals surface area contributed by atoms with Gasteiger partial charge in [0.15, 0.2) is 0 Å². The lowest BCUT2D eigenvalue weighted by molar-refractivity contribution is -0.123. The molecular weight excluding hydrogens is 199 g/mol. The van der Waals surface area contributed by atoms with Crippen LogP contribution in [0.2, 0.25) is 0 Å². The quantitative estimate of drug-likeness (QED) is 0.712. The molecule has 0 saturated carbocycles. The average molecular weight is 215 g/mol. The van der Waals surface area contributed by atoms with Gasteiger partial charge in [-0.25, -0.2) is 0 Å². The summed E-state index contributed by atoms with van der Waals surface area (Å²) in [6, 6.07) is 0. The zero-order chi connectivity index (χ0) is 7.40. The van der Waals surface area contributed by atoms with Crippen molar-refractivity contribution in [1.82, 2.24) is 5.32 Å². The highest BCUT2D eigenvalue weighted by Crippen LogP contribution is 2.14. The van der Waals surface area contributed by atoms with Gasteiger partial charge in [0.25, 0.3) is 0 Å². The van der Waals surface area contributed by atoms with E-state index in [1.165, 1.54) is 0 Å². The first-order chi connectivity index (χ1) is 4.83. The van der Waals surface area contributed by atoms with Crippen molar-refractivity contribution in [2.75, 3.05) is 13.1 Å². The van der Waals surface area contributed by atoms with Crippen LogP contribution in [0.3, 0.4) is 0 Å². The lowest BCUT2D eigenvalue weighted by atomic mass is 9.94. The Morgan fingerprint density at radius 1 is 1.50 bits per heavy atom. The Balaban J connectivity index is 0. The molecule has 0 aromatic carbocycles. The predicted octanol–water partition coefficient (Wildman–Crippen LogP) is 0.705. The van der Waals surface area contributed by atoms with E-state index in [1.807, 2.05) is 0 Å². The number of hydrogen-bond donors (Lipinski definition) is 2. The van der Waals surface area contributed by atoms with Crippen LogP contribution in [-0.4, -0.2) is 19.0 Å². The van der Waals surface area contributed by atoms with Gasteiger partial charge in [0.1, 0.15) is 0 Å². The first kappa shape index (κ1) is 14.5. The lowest BCUT2D eigenvalue weighted by Gasteiger charge is -2.20. The summed E-state index contributed by atoms with van der Waals surface area (Å²) in [5.41, 5.74) is 5.37. The van der Waals surface area contributed by atoms with Crippen molar-refractivity contribution in [3.05, 3.63) is 0 Å². The van der Waals surface area contributed by atoms with Crippen LogP contribution < -0.4 is 11.1 Å². The van der Waals surface area contributed by atoms with Crippen molar-refractivity contribution in [1.29, 1.82) is 0 Å². The van der Waals surface area contributed by atoms with E-state index < -0.39 is 0 Å². The van der Waals surface area contributed by atoms with Crippen LogP contribution >= 0.6 is 24.8 Å². The topological polar surface area (TPSA) is 55.1 Å². The Kier molecular flexibility index (Phi) is 9.26. The third kappa shape index (κ3) is 4.80. The van der Waals surface area contributed by atoms with Gasteiger partial charge in [-0.1, -0.05) is 0 Å². The van der Waals surface area contributed by atoms with E-state index >= 15 is 0 Å². The summed E-state index contributed by atoms with van der Waals surface area (Å²) in [6.07, 6.45) is 2.77. The second-order valence-electron chi connectivity index (χ2n) is 2.79. The van der Waals surface area contributed by atoms with Gasteiger partial charge in [0.05, 0.1) is 0 Å². The van der Waals surface area contributed by atoms with E-state index in [0.717, 1.165) is 19.4 Å². The third-order valence-electron chi connectivity index (χ3n) is 1.92. The number of nitrogens with two attached hydrogens (primary N) is 1.